The zero-order valence-electron chi connectivity index (χ0n) is 10.9. The summed E-state index contributed by atoms with van der Waals surface area (Å²) in [5.74, 6) is 0. The van der Waals surface area contributed by atoms with Crippen molar-refractivity contribution in [3.63, 3.8) is 0 Å². The highest BCUT2D eigenvalue weighted by molar-refractivity contribution is 7.05. The maximum absolute atomic E-state index is 6.35. The Morgan fingerprint density at radius 1 is 1.33 bits per heavy atom. The van der Waals surface area contributed by atoms with Gasteiger partial charge in [0, 0.05) is 0 Å². The summed E-state index contributed by atoms with van der Waals surface area (Å²) < 4.78 is 4.04. The van der Waals surface area contributed by atoms with E-state index in [2.05, 4.69) is 47.7 Å². The second-order valence-electron chi connectivity index (χ2n) is 4.41. The van der Waals surface area contributed by atoms with Gasteiger partial charge in [-0.15, -0.1) is 5.10 Å². The number of rotatable bonds is 5. The van der Waals surface area contributed by atoms with Crippen molar-refractivity contribution in [3.8, 4) is 0 Å². The Bertz CT molecular complexity index is 507. The van der Waals surface area contributed by atoms with Gasteiger partial charge in [0.1, 0.15) is 0 Å². The van der Waals surface area contributed by atoms with E-state index in [1.807, 2.05) is 0 Å². The minimum absolute atomic E-state index is 0.0990. The molecule has 0 bridgehead atoms. The molecule has 0 fully saturated rings. The van der Waals surface area contributed by atoms with Crippen molar-refractivity contribution in [2.24, 2.45) is 5.73 Å². The van der Waals surface area contributed by atoms with Crippen molar-refractivity contribution in [1.82, 2.24) is 9.59 Å². The van der Waals surface area contributed by atoms with Gasteiger partial charge in [-0.05, 0) is 35.5 Å². The third-order valence-corrected chi connectivity index (χ3v) is 3.92. The van der Waals surface area contributed by atoms with Gasteiger partial charge in [-0.1, -0.05) is 49.0 Å². The molecule has 2 N–H and O–H groups in total. The van der Waals surface area contributed by atoms with E-state index in [0.717, 1.165) is 35.4 Å². The third-order valence-electron chi connectivity index (χ3n) is 3.07. The van der Waals surface area contributed by atoms with Gasteiger partial charge in [-0.3, -0.25) is 0 Å². The van der Waals surface area contributed by atoms with Crippen molar-refractivity contribution in [2.75, 3.05) is 0 Å². The molecule has 0 spiro atoms. The lowest BCUT2D eigenvalue weighted by molar-refractivity contribution is 0.813. The fourth-order valence-corrected chi connectivity index (χ4v) is 2.75. The Morgan fingerprint density at radius 3 is 2.89 bits per heavy atom. The quantitative estimate of drug-likeness (QED) is 0.899. The zero-order valence-corrected chi connectivity index (χ0v) is 11.7. The van der Waals surface area contributed by atoms with Crippen LogP contribution in [0.3, 0.4) is 0 Å². The number of aromatic nitrogens is 2. The summed E-state index contributed by atoms with van der Waals surface area (Å²) >= 11 is 1.42. The lowest BCUT2D eigenvalue weighted by Gasteiger charge is -2.12. The zero-order chi connectivity index (χ0) is 13.0. The van der Waals surface area contributed by atoms with Gasteiger partial charge < -0.3 is 5.73 Å². The molecule has 1 aromatic carbocycles. The number of benzene rings is 1. The van der Waals surface area contributed by atoms with Crippen LogP contribution in [0.25, 0.3) is 0 Å². The molecule has 2 rings (SSSR count). The van der Waals surface area contributed by atoms with Gasteiger partial charge in [0.25, 0.3) is 0 Å². The summed E-state index contributed by atoms with van der Waals surface area (Å²) in [6.07, 6.45) is 3.05. The summed E-state index contributed by atoms with van der Waals surface area (Å²) in [4.78, 5) is 1.10. The van der Waals surface area contributed by atoms with Crippen LogP contribution in [-0.2, 0) is 12.8 Å². The van der Waals surface area contributed by atoms with E-state index in [-0.39, 0.29) is 6.04 Å². The van der Waals surface area contributed by atoms with Crippen LogP contribution < -0.4 is 5.73 Å². The number of hydrogen-bond acceptors (Lipinski definition) is 4. The maximum atomic E-state index is 6.35. The molecule has 1 heterocycles. The van der Waals surface area contributed by atoms with E-state index in [0.29, 0.717) is 0 Å². The van der Waals surface area contributed by atoms with Crippen molar-refractivity contribution >= 4 is 11.5 Å². The summed E-state index contributed by atoms with van der Waals surface area (Å²) in [5, 5.41) is 4.18. The number of hydrogen-bond donors (Lipinski definition) is 1. The van der Waals surface area contributed by atoms with Gasteiger partial charge in [-0.25, -0.2) is 0 Å². The van der Waals surface area contributed by atoms with E-state index in [1.54, 1.807) is 0 Å². The Kier molecular flexibility index (Phi) is 4.44. The molecule has 18 heavy (non-hydrogen) atoms. The molecule has 4 heteroatoms. The van der Waals surface area contributed by atoms with E-state index < -0.39 is 0 Å². The molecule has 0 amide bonds. The van der Waals surface area contributed by atoms with Gasteiger partial charge in [0.15, 0.2) is 0 Å². The summed E-state index contributed by atoms with van der Waals surface area (Å²) in [5.41, 5.74) is 9.87. The first-order valence-corrected chi connectivity index (χ1v) is 7.19. The molecule has 1 atom stereocenters. The first-order chi connectivity index (χ1) is 8.76. The molecule has 96 valence electrons. The highest BCUT2D eigenvalue weighted by Crippen LogP contribution is 2.26. The van der Waals surface area contributed by atoms with Crippen LogP contribution >= 0.6 is 11.5 Å². The molecule has 0 aliphatic carbocycles. The molecule has 1 aromatic heterocycles. The van der Waals surface area contributed by atoms with E-state index in [1.165, 1.54) is 17.1 Å². The number of aryl methyl sites for hydroxylation is 2. The predicted molar refractivity (Wildman–Crippen MR) is 75.8 cm³/mol. The highest BCUT2D eigenvalue weighted by atomic mass is 32.1. The van der Waals surface area contributed by atoms with Crippen molar-refractivity contribution in [2.45, 2.75) is 39.2 Å². The second-order valence-corrected chi connectivity index (χ2v) is 5.20. The summed E-state index contributed by atoms with van der Waals surface area (Å²) in [6.45, 7) is 4.30. The fraction of sp³-hybridized carbons (Fsp3) is 0.429. The second kappa shape index (κ2) is 6.07. The Hall–Kier alpha value is -1.26. The summed E-state index contributed by atoms with van der Waals surface area (Å²) in [6, 6.07) is 8.37. The average molecular weight is 261 g/mol. The van der Waals surface area contributed by atoms with E-state index >= 15 is 0 Å². The SMILES string of the molecule is CCCc1nnsc1C(N)c1cccc(CC)c1. The fourth-order valence-electron chi connectivity index (χ4n) is 2.02. The van der Waals surface area contributed by atoms with E-state index in [4.69, 9.17) is 5.73 Å². The monoisotopic (exact) mass is 261 g/mol. The predicted octanol–water partition coefficient (Wildman–Crippen LogP) is 3.10. The van der Waals surface area contributed by atoms with Crippen LogP contribution in [-0.4, -0.2) is 9.59 Å². The largest absolute Gasteiger partial charge is 0.320 e. The van der Waals surface area contributed by atoms with Gasteiger partial charge in [-0.2, -0.15) is 0 Å². The molecular formula is C14H19N3S. The molecule has 0 radical (unpaired) electrons. The van der Waals surface area contributed by atoms with Crippen LogP contribution in [0.2, 0.25) is 0 Å². The standard InChI is InChI=1S/C14H19N3S/c1-3-6-12-14(18-17-16-12)13(15)11-8-5-7-10(4-2)9-11/h5,7-9,13H,3-4,6,15H2,1-2H3. The molecule has 3 nitrogen and oxygen atoms in total. The Balaban J connectivity index is 2.29. The van der Waals surface area contributed by atoms with Crippen LogP contribution in [0.1, 0.15) is 48.0 Å². The van der Waals surface area contributed by atoms with E-state index in [9.17, 15) is 0 Å². The van der Waals surface area contributed by atoms with Crippen molar-refractivity contribution in [3.05, 3.63) is 46.0 Å². The molecule has 1 unspecified atom stereocenters. The lowest BCUT2D eigenvalue weighted by atomic mass is 10.0. The first kappa shape index (κ1) is 13.2. The van der Waals surface area contributed by atoms with Crippen LogP contribution in [0.4, 0.5) is 0 Å². The molecule has 0 saturated carbocycles. The highest BCUT2D eigenvalue weighted by Gasteiger charge is 2.17. The van der Waals surface area contributed by atoms with Crippen molar-refractivity contribution in [1.29, 1.82) is 0 Å². The molecule has 0 aliphatic rings. The first-order valence-electron chi connectivity index (χ1n) is 6.41. The molecular weight excluding hydrogens is 242 g/mol. The molecule has 0 aliphatic heterocycles. The van der Waals surface area contributed by atoms with Crippen molar-refractivity contribution < 1.29 is 0 Å². The molecule has 0 saturated heterocycles. The smallest absolute Gasteiger partial charge is 0.0807 e. The van der Waals surface area contributed by atoms with Crippen LogP contribution in [0.15, 0.2) is 24.3 Å². The average Bonchev–Trinajstić information content (AvgIpc) is 2.86. The third kappa shape index (κ3) is 2.76. The minimum Gasteiger partial charge on any atom is -0.320 e. The number of nitrogens with zero attached hydrogens (tertiary/aromatic N) is 2. The van der Waals surface area contributed by atoms with Crippen LogP contribution in [0.5, 0.6) is 0 Å². The molecule has 2 aromatic rings. The Morgan fingerprint density at radius 2 is 2.17 bits per heavy atom. The minimum atomic E-state index is -0.0990. The van der Waals surface area contributed by atoms with Crippen LogP contribution in [0, 0.1) is 0 Å². The summed E-state index contributed by atoms with van der Waals surface area (Å²) in [7, 11) is 0. The van der Waals surface area contributed by atoms with Gasteiger partial charge >= 0.3 is 0 Å². The van der Waals surface area contributed by atoms with Gasteiger partial charge in [0.2, 0.25) is 0 Å². The maximum Gasteiger partial charge on any atom is 0.0807 e. The Labute approximate surface area is 112 Å². The number of nitrogens with two attached hydrogens (primary N) is 1. The topological polar surface area (TPSA) is 51.8 Å². The lowest BCUT2D eigenvalue weighted by Crippen LogP contribution is -2.12. The van der Waals surface area contributed by atoms with Gasteiger partial charge in [0.05, 0.1) is 16.6 Å². The normalized spacial score (nSPS) is 12.6.